The third-order valence-corrected chi connectivity index (χ3v) is 3.97. The molecule has 104 valence electrons. The van der Waals surface area contributed by atoms with Crippen molar-refractivity contribution >= 4 is 28.7 Å². The Bertz CT molecular complexity index is 779. The van der Waals surface area contributed by atoms with Gasteiger partial charge in [-0.2, -0.15) is 19.8 Å². The maximum atomic E-state index is 13.9. The van der Waals surface area contributed by atoms with Crippen molar-refractivity contribution in [1.82, 2.24) is 30.2 Å². The molecule has 3 aromatic rings. The number of pyridine rings is 1. The summed E-state index contributed by atoms with van der Waals surface area (Å²) in [7, 11) is 1.58. The normalized spacial score (nSPS) is 11.3. The fraction of sp³-hybridized carbons (Fsp3) is 0.273. The monoisotopic (exact) mass is 293 g/mol. The third kappa shape index (κ3) is 2.09. The smallest absolute Gasteiger partial charge is 0.215 e. The average Bonchev–Trinajstić information content (AvgIpc) is 2.94. The van der Waals surface area contributed by atoms with Gasteiger partial charge < -0.3 is 5.73 Å². The minimum absolute atomic E-state index is 0.326. The first-order valence-corrected chi connectivity index (χ1v) is 6.82. The highest BCUT2D eigenvalue weighted by Crippen LogP contribution is 2.30. The van der Waals surface area contributed by atoms with E-state index in [0.717, 1.165) is 4.90 Å². The highest BCUT2D eigenvalue weighted by atomic mass is 32.2. The van der Waals surface area contributed by atoms with Crippen molar-refractivity contribution in [1.29, 1.82) is 0 Å². The predicted octanol–water partition coefficient (Wildman–Crippen LogP) is 1.41. The van der Waals surface area contributed by atoms with Crippen molar-refractivity contribution in [3.8, 4) is 0 Å². The Balaban J connectivity index is 1.92. The minimum Gasteiger partial charge on any atom is -0.384 e. The Morgan fingerprint density at radius 2 is 2.25 bits per heavy atom. The third-order valence-electron chi connectivity index (χ3n) is 2.92. The zero-order valence-corrected chi connectivity index (χ0v) is 11.7. The van der Waals surface area contributed by atoms with E-state index in [1.807, 2.05) is 0 Å². The molecule has 0 aromatic carbocycles. The van der Waals surface area contributed by atoms with Crippen LogP contribution in [0.1, 0.15) is 11.3 Å². The molecule has 0 saturated carbocycles. The SMILES string of the molecule is Cc1nn(C)c(F)c1CSc1cc(N)nc2n[nH]nc12. The van der Waals surface area contributed by atoms with Crippen molar-refractivity contribution in [2.45, 2.75) is 17.6 Å². The maximum Gasteiger partial charge on any atom is 0.215 e. The Hall–Kier alpha value is -2.16. The van der Waals surface area contributed by atoms with Crippen LogP contribution in [0.5, 0.6) is 0 Å². The first-order chi connectivity index (χ1) is 9.56. The minimum atomic E-state index is -0.326. The van der Waals surface area contributed by atoms with Crippen LogP contribution in [0, 0.1) is 12.9 Å². The summed E-state index contributed by atoms with van der Waals surface area (Å²) >= 11 is 1.43. The fourth-order valence-electron chi connectivity index (χ4n) is 1.92. The van der Waals surface area contributed by atoms with Gasteiger partial charge in [-0.05, 0) is 13.0 Å². The van der Waals surface area contributed by atoms with Gasteiger partial charge in [-0.15, -0.1) is 16.9 Å². The highest BCUT2D eigenvalue weighted by molar-refractivity contribution is 7.98. The molecule has 9 heteroatoms. The lowest BCUT2D eigenvalue weighted by atomic mass is 10.3. The number of thioether (sulfide) groups is 1. The molecule has 7 nitrogen and oxygen atoms in total. The van der Waals surface area contributed by atoms with Gasteiger partial charge in [-0.25, -0.2) is 9.67 Å². The number of rotatable bonds is 3. The van der Waals surface area contributed by atoms with Crippen LogP contribution in [-0.2, 0) is 12.8 Å². The van der Waals surface area contributed by atoms with E-state index in [2.05, 4.69) is 25.5 Å². The van der Waals surface area contributed by atoms with Crippen LogP contribution in [0.3, 0.4) is 0 Å². The number of aryl methyl sites for hydroxylation is 2. The number of nitrogens with zero attached hydrogens (tertiary/aromatic N) is 5. The first-order valence-electron chi connectivity index (χ1n) is 5.84. The Kier molecular flexibility index (Phi) is 3.05. The van der Waals surface area contributed by atoms with Gasteiger partial charge in [0.2, 0.25) is 11.6 Å². The van der Waals surface area contributed by atoms with Gasteiger partial charge >= 0.3 is 0 Å². The van der Waals surface area contributed by atoms with Gasteiger partial charge in [0.15, 0.2) is 0 Å². The van der Waals surface area contributed by atoms with Crippen molar-refractivity contribution in [3.05, 3.63) is 23.3 Å². The molecule has 0 unspecified atom stereocenters. The van der Waals surface area contributed by atoms with E-state index in [1.54, 1.807) is 20.0 Å². The van der Waals surface area contributed by atoms with E-state index in [1.165, 1.54) is 16.4 Å². The topological polar surface area (TPSA) is 98.3 Å². The number of anilines is 1. The number of nitrogens with two attached hydrogens (primary N) is 1. The number of aromatic amines is 1. The number of fused-ring (bicyclic) bond motifs is 1. The zero-order chi connectivity index (χ0) is 14.3. The van der Waals surface area contributed by atoms with Crippen LogP contribution in [0.15, 0.2) is 11.0 Å². The zero-order valence-electron chi connectivity index (χ0n) is 10.9. The molecular weight excluding hydrogens is 281 g/mol. The Morgan fingerprint density at radius 1 is 1.45 bits per heavy atom. The van der Waals surface area contributed by atoms with Gasteiger partial charge in [-0.1, -0.05) is 0 Å². The van der Waals surface area contributed by atoms with Gasteiger partial charge in [0.1, 0.15) is 11.3 Å². The van der Waals surface area contributed by atoms with E-state index in [4.69, 9.17) is 5.73 Å². The number of hydrogen-bond donors (Lipinski definition) is 2. The van der Waals surface area contributed by atoms with Gasteiger partial charge in [0.05, 0.1) is 5.69 Å². The van der Waals surface area contributed by atoms with Crippen LogP contribution in [0.2, 0.25) is 0 Å². The van der Waals surface area contributed by atoms with E-state index in [9.17, 15) is 4.39 Å². The van der Waals surface area contributed by atoms with Crippen LogP contribution >= 0.6 is 11.8 Å². The maximum absolute atomic E-state index is 13.9. The van der Waals surface area contributed by atoms with Crippen LogP contribution in [-0.4, -0.2) is 30.2 Å². The summed E-state index contributed by atoms with van der Waals surface area (Å²) in [6.45, 7) is 1.78. The van der Waals surface area contributed by atoms with E-state index >= 15 is 0 Å². The fourth-order valence-corrected chi connectivity index (χ4v) is 3.03. The lowest BCUT2D eigenvalue weighted by molar-refractivity contribution is 0.498. The number of hydrogen-bond acceptors (Lipinski definition) is 6. The van der Waals surface area contributed by atoms with Crippen LogP contribution in [0.25, 0.3) is 11.2 Å². The molecule has 3 aromatic heterocycles. The first kappa shape index (κ1) is 12.9. The number of aromatic nitrogens is 6. The average molecular weight is 293 g/mol. The number of nitrogens with one attached hydrogen (secondary N) is 1. The highest BCUT2D eigenvalue weighted by Gasteiger charge is 2.15. The van der Waals surface area contributed by atoms with E-state index in [-0.39, 0.29) is 5.95 Å². The summed E-state index contributed by atoms with van der Waals surface area (Å²) in [6.07, 6.45) is 0. The van der Waals surface area contributed by atoms with Crippen LogP contribution < -0.4 is 5.73 Å². The summed E-state index contributed by atoms with van der Waals surface area (Å²) in [4.78, 5) is 4.87. The largest absolute Gasteiger partial charge is 0.384 e. The van der Waals surface area contributed by atoms with Crippen LogP contribution in [0.4, 0.5) is 10.2 Å². The number of halogens is 1. The molecule has 3 N–H and O–H groups in total. The molecule has 3 heterocycles. The number of nitrogen functional groups attached to an aromatic ring is 1. The summed E-state index contributed by atoms with van der Waals surface area (Å²) in [5.41, 5.74) is 8.06. The molecular formula is C11H12FN7S. The molecule has 3 rings (SSSR count). The van der Waals surface area contributed by atoms with Crippen molar-refractivity contribution in [3.63, 3.8) is 0 Å². The quantitative estimate of drug-likeness (QED) is 0.708. The molecule has 0 spiro atoms. The summed E-state index contributed by atoms with van der Waals surface area (Å²) < 4.78 is 15.1. The Labute approximate surface area is 117 Å². The van der Waals surface area contributed by atoms with Crippen molar-refractivity contribution in [2.24, 2.45) is 7.05 Å². The lowest BCUT2D eigenvalue weighted by Gasteiger charge is -2.03. The molecule has 0 aliphatic heterocycles. The second-order valence-electron chi connectivity index (χ2n) is 4.31. The predicted molar refractivity (Wildman–Crippen MR) is 73.6 cm³/mol. The molecule has 0 saturated heterocycles. The van der Waals surface area contributed by atoms with Gasteiger partial charge in [-0.3, -0.25) is 0 Å². The number of H-pyrrole nitrogens is 1. The Morgan fingerprint density at radius 3 is 2.95 bits per heavy atom. The van der Waals surface area contributed by atoms with Crippen molar-refractivity contribution in [2.75, 3.05) is 5.73 Å². The molecule has 0 aliphatic carbocycles. The van der Waals surface area contributed by atoms with Gasteiger partial charge in [0.25, 0.3) is 0 Å². The van der Waals surface area contributed by atoms with E-state index < -0.39 is 0 Å². The summed E-state index contributed by atoms with van der Waals surface area (Å²) in [5, 5.41) is 14.5. The van der Waals surface area contributed by atoms with Gasteiger partial charge in [0, 0.05) is 23.3 Å². The second-order valence-corrected chi connectivity index (χ2v) is 5.33. The summed E-state index contributed by atoms with van der Waals surface area (Å²) in [6, 6.07) is 1.71. The summed E-state index contributed by atoms with van der Waals surface area (Å²) in [5.74, 6) is 0.474. The second kappa shape index (κ2) is 4.75. The molecule has 0 aliphatic rings. The molecule has 20 heavy (non-hydrogen) atoms. The van der Waals surface area contributed by atoms with E-state index in [0.29, 0.717) is 34.0 Å². The molecule has 0 radical (unpaired) electrons. The molecule has 0 amide bonds. The molecule has 0 fully saturated rings. The lowest BCUT2D eigenvalue weighted by Crippen LogP contribution is -1.95. The standard InChI is InChI=1S/C11H12FN7S/c1-5-6(10(12)19(2)17-5)4-20-7-3-8(13)14-11-9(7)15-18-16-11/h3H,4H2,1-2H3,(H3,13,14,15,16,18). The molecule has 0 bridgehead atoms. The molecule has 0 atom stereocenters. The van der Waals surface area contributed by atoms with Crippen molar-refractivity contribution < 1.29 is 4.39 Å².